The summed E-state index contributed by atoms with van der Waals surface area (Å²) in [6.07, 6.45) is 3.17. The lowest BCUT2D eigenvalue weighted by molar-refractivity contribution is 0.933. The van der Waals surface area contributed by atoms with Gasteiger partial charge in [0.25, 0.3) is 0 Å². The summed E-state index contributed by atoms with van der Waals surface area (Å²) >= 11 is 1.42. The van der Waals surface area contributed by atoms with Gasteiger partial charge >= 0.3 is 0 Å². The summed E-state index contributed by atoms with van der Waals surface area (Å²) in [4.78, 5) is 7.87. The first-order chi connectivity index (χ1) is 6.84. The maximum absolute atomic E-state index is 5.41. The van der Waals surface area contributed by atoms with Gasteiger partial charge in [0, 0.05) is 6.20 Å². The summed E-state index contributed by atoms with van der Waals surface area (Å²) in [5.74, 6) is 0.414. The Morgan fingerprint density at radius 1 is 1.07 bits per heavy atom. The molecule has 0 radical (unpaired) electrons. The van der Waals surface area contributed by atoms with Crippen LogP contribution < -0.4 is 5.73 Å². The van der Waals surface area contributed by atoms with Gasteiger partial charge in [-0.05, 0) is 30.0 Å². The number of nitrogens with zero attached hydrogens (tertiary/aromatic N) is 4. The lowest BCUT2D eigenvalue weighted by Gasteiger charge is -1.97. The maximum Gasteiger partial charge on any atom is 0.146 e. The van der Waals surface area contributed by atoms with Gasteiger partial charge in [-0.15, -0.1) is 10.2 Å². The highest BCUT2D eigenvalue weighted by Gasteiger charge is 1.99. The summed E-state index contributed by atoms with van der Waals surface area (Å²) in [5.41, 5.74) is 5.41. The zero-order chi connectivity index (χ0) is 9.80. The second-order valence-electron chi connectivity index (χ2n) is 2.45. The third-order valence-corrected chi connectivity index (χ3v) is 2.30. The fraction of sp³-hybridized carbons (Fsp3) is 0. The Morgan fingerprint density at radius 3 is 2.64 bits per heavy atom. The van der Waals surface area contributed by atoms with Crippen molar-refractivity contribution in [1.29, 1.82) is 0 Å². The fourth-order valence-corrected chi connectivity index (χ4v) is 1.49. The van der Waals surface area contributed by atoms with E-state index in [1.165, 1.54) is 18.1 Å². The van der Waals surface area contributed by atoms with E-state index in [1.54, 1.807) is 18.3 Å². The van der Waals surface area contributed by atoms with Crippen LogP contribution in [0.15, 0.2) is 40.8 Å². The minimum absolute atomic E-state index is 0.414. The Hall–Kier alpha value is -1.69. The van der Waals surface area contributed by atoms with Crippen molar-refractivity contribution in [2.75, 3.05) is 5.73 Å². The molecule has 0 aliphatic rings. The molecule has 0 amide bonds. The first-order valence-corrected chi connectivity index (χ1v) is 4.69. The van der Waals surface area contributed by atoms with Gasteiger partial charge in [-0.2, -0.15) is 0 Å². The molecule has 0 spiro atoms. The van der Waals surface area contributed by atoms with Crippen LogP contribution in [0.4, 0.5) is 5.82 Å². The van der Waals surface area contributed by atoms with Gasteiger partial charge in [0.15, 0.2) is 0 Å². The second-order valence-corrected chi connectivity index (χ2v) is 3.49. The molecular weight excluding hydrogens is 198 g/mol. The molecule has 14 heavy (non-hydrogen) atoms. The Bertz CT molecular complexity index is 402. The number of nitrogen functional groups attached to an aromatic ring is 1. The molecule has 2 aromatic heterocycles. The van der Waals surface area contributed by atoms with E-state index >= 15 is 0 Å². The molecule has 2 aromatic rings. The van der Waals surface area contributed by atoms with Crippen molar-refractivity contribution >= 4 is 17.6 Å². The quantitative estimate of drug-likeness (QED) is 0.737. The number of nitrogens with two attached hydrogens (primary N) is 1. The third kappa shape index (κ3) is 2.17. The third-order valence-electron chi connectivity index (χ3n) is 1.42. The smallest absolute Gasteiger partial charge is 0.146 e. The molecule has 0 saturated carbocycles. The van der Waals surface area contributed by atoms with Gasteiger partial charge in [-0.1, -0.05) is 0 Å². The molecule has 2 rings (SSSR count). The molecular formula is C8H7N5S. The van der Waals surface area contributed by atoms with Gasteiger partial charge in [0.2, 0.25) is 0 Å². The van der Waals surface area contributed by atoms with Crippen molar-refractivity contribution in [2.45, 2.75) is 10.1 Å². The highest BCUT2D eigenvalue weighted by molar-refractivity contribution is 7.99. The second kappa shape index (κ2) is 4.01. The van der Waals surface area contributed by atoms with Gasteiger partial charge in [0.1, 0.15) is 22.2 Å². The number of hydrogen-bond acceptors (Lipinski definition) is 6. The molecule has 0 saturated heterocycles. The normalized spacial score (nSPS) is 10.0. The van der Waals surface area contributed by atoms with Crippen molar-refractivity contribution in [3.63, 3.8) is 0 Å². The van der Waals surface area contributed by atoms with Crippen LogP contribution in [0, 0.1) is 0 Å². The minimum Gasteiger partial charge on any atom is -0.382 e. The average molecular weight is 205 g/mol. The monoisotopic (exact) mass is 205 g/mol. The van der Waals surface area contributed by atoms with Crippen LogP contribution in [0.2, 0.25) is 0 Å². The van der Waals surface area contributed by atoms with Crippen LogP contribution in [0.5, 0.6) is 0 Å². The topological polar surface area (TPSA) is 77.6 Å². The highest BCUT2D eigenvalue weighted by atomic mass is 32.2. The Balaban J connectivity index is 2.16. The van der Waals surface area contributed by atoms with E-state index in [0.717, 1.165) is 10.1 Å². The average Bonchev–Trinajstić information content (AvgIpc) is 2.23. The summed E-state index contributed by atoms with van der Waals surface area (Å²) in [5, 5.41) is 9.23. The predicted molar refractivity (Wildman–Crippen MR) is 52.6 cm³/mol. The van der Waals surface area contributed by atoms with E-state index in [2.05, 4.69) is 20.2 Å². The van der Waals surface area contributed by atoms with Gasteiger partial charge in [-0.25, -0.2) is 9.97 Å². The van der Waals surface area contributed by atoms with E-state index in [4.69, 9.17) is 5.73 Å². The number of hydrogen-bond donors (Lipinski definition) is 1. The molecule has 0 fully saturated rings. The standard InChI is InChI=1S/C8H7N5S/c9-6-1-2-8(13-12-6)14-7-3-4-10-5-11-7/h1-5H,(H2,9,12). The molecule has 0 atom stereocenters. The number of anilines is 1. The van der Waals surface area contributed by atoms with Crippen LogP contribution in [0.1, 0.15) is 0 Å². The molecule has 0 bridgehead atoms. The van der Waals surface area contributed by atoms with Crippen LogP contribution >= 0.6 is 11.8 Å². The molecule has 2 heterocycles. The molecule has 70 valence electrons. The van der Waals surface area contributed by atoms with Crippen molar-refractivity contribution in [2.24, 2.45) is 0 Å². The first kappa shape index (κ1) is 8.89. The summed E-state index contributed by atoms with van der Waals surface area (Å²) in [7, 11) is 0. The SMILES string of the molecule is Nc1ccc(Sc2ccncn2)nn1. The van der Waals surface area contributed by atoms with E-state index in [1.807, 2.05) is 6.07 Å². The first-order valence-electron chi connectivity index (χ1n) is 3.88. The predicted octanol–water partition coefficient (Wildman–Crippen LogP) is 1.00. The van der Waals surface area contributed by atoms with E-state index in [9.17, 15) is 0 Å². The van der Waals surface area contributed by atoms with Crippen LogP contribution in [-0.2, 0) is 0 Å². The van der Waals surface area contributed by atoms with E-state index in [0.29, 0.717) is 5.82 Å². The van der Waals surface area contributed by atoms with Crippen molar-refractivity contribution < 1.29 is 0 Å². The van der Waals surface area contributed by atoms with E-state index in [-0.39, 0.29) is 0 Å². The summed E-state index contributed by atoms with van der Waals surface area (Å²) < 4.78 is 0. The zero-order valence-corrected chi connectivity index (χ0v) is 7.98. The van der Waals surface area contributed by atoms with E-state index < -0.39 is 0 Å². The largest absolute Gasteiger partial charge is 0.382 e. The molecule has 2 N–H and O–H groups in total. The molecule has 0 unspecified atom stereocenters. The lowest BCUT2D eigenvalue weighted by atomic mass is 10.5. The van der Waals surface area contributed by atoms with Crippen molar-refractivity contribution in [1.82, 2.24) is 20.2 Å². The minimum atomic E-state index is 0.414. The highest BCUT2D eigenvalue weighted by Crippen LogP contribution is 2.22. The Labute approximate surface area is 84.8 Å². The molecule has 6 heteroatoms. The Morgan fingerprint density at radius 2 is 2.00 bits per heavy atom. The van der Waals surface area contributed by atoms with Crippen molar-refractivity contribution in [3.8, 4) is 0 Å². The fourth-order valence-electron chi connectivity index (χ4n) is 0.831. The molecule has 0 aliphatic heterocycles. The summed E-state index contributed by atoms with van der Waals surface area (Å²) in [6, 6.07) is 5.31. The zero-order valence-electron chi connectivity index (χ0n) is 7.16. The van der Waals surface area contributed by atoms with Crippen LogP contribution in [0.3, 0.4) is 0 Å². The van der Waals surface area contributed by atoms with Gasteiger partial charge in [-0.3, -0.25) is 0 Å². The summed E-state index contributed by atoms with van der Waals surface area (Å²) in [6.45, 7) is 0. The maximum atomic E-state index is 5.41. The molecule has 0 aliphatic carbocycles. The Kier molecular flexibility index (Phi) is 2.55. The number of aromatic nitrogens is 4. The van der Waals surface area contributed by atoms with Crippen LogP contribution in [0.25, 0.3) is 0 Å². The molecule has 0 aromatic carbocycles. The number of rotatable bonds is 2. The van der Waals surface area contributed by atoms with Gasteiger partial charge in [0.05, 0.1) is 0 Å². The van der Waals surface area contributed by atoms with Crippen LogP contribution in [-0.4, -0.2) is 20.2 Å². The molecule has 5 nitrogen and oxygen atoms in total. The van der Waals surface area contributed by atoms with Crippen molar-refractivity contribution in [3.05, 3.63) is 30.7 Å². The lowest BCUT2D eigenvalue weighted by Crippen LogP contribution is -1.92. The van der Waals surface area contributed by atoms with Gasteiger partial charge < -0.3 is 5.73 Å².